The number of carbonyl (C=O) groups excluding carboxylic acids is 1. The molecule has 0 fully saturated rings. The molecule has 2 aromatic carbocycles. The monoisotopic (exact) mass is 315 g/mol. The number of aromatic nitrogens is 2. The summed E-state index contributed by atoms with van der Waals surface area (Å²) in [6.45, 7) is 0. The van der Waals surface area contributed by atoms with Gasteiger partial charge in [0.1, 0.15) is 12.1 Å². The molecule has 3 rings (SSSR count). The van der Waals surface area contributed by atoms with E-state index >= 15 is 0 Å². The van der Waals surface area contributed by atoms with Crippen molar-refractivity contribution in [1.29, 1.82) is 0 Å². The Morgan fingerprint density at radius 1 is 1.18 bits per heavy atom. The number of halogens is 1. The van der Waals surface area contributed by atoms with Gasteiger partial charge in [-0.15, -0.1) is 11.8 Å². The number of amides is 1. The normalized spacial score (nSPS) is 10.8. The zero-order valence-electron chi connectivity index (χ0n) is 11.7. The number of nitrogens with zero attached hydrogens (tertiary/aromatic N) is 2. The lowest BCUT2D eigenvalue weighted by Gasteiger charge is -2.07. The van der Waals surface area contributed by atoms with Crippen LogP contribution < -0.4 is 5.43 Å². The number of imidazole rings is 1. The van der Waals surface area contributed by atoms with Crippen LogP contribution >= 0.6 is 11.8 Å². The van der Waals surface area contributed by atoms with Gasteiger partial charge in [-0.05, 0) is 36.4 Å². The van der Waals surface area contributed by atoms with Gasteiger partial charge in [-0.1, -0.05) is 12.1 Å². The fourth-order valence-electron chi connectivity index (χ4n) is 2.03. The van der Waals surface area contributed by atoms with Gasteiger partial charge in [0, 0.05) is 17.1 Å². The van der Waals surface area contributed by atoms with Crippen LogP contribution in [-0.4, -0.2) is 21.3 Å². The number of hydrogen-bond acceptors (Lipinski definition) is 3. The first-order chi connectivity index (χ1) is 10.7. The van der Waals surface area contributed by atoms with E-state index in [4.69, 9.17) is 0 Å². The summed E-state index contributed by atoms with van der Waals surface area (Å²) in [6.07, 6.45) is 1.96. The Kier molecular flexibility index (Phi) is 4.39. The lowest BCUT2D eigenvalue weighted by atomic mass is 10.3. The zero-order chi connectivity index (χ0) is 15.4. The SMILES string of the molecule is O=C(CCSc1ccc(F)cc1)Nn1cnc2ccccc21. The van der Waals surface area contributed by atoms with E-state index in [-0.39, 0.29) is 11.7 Å². The fraction of sp³-hybridized carbons (Fsp3) is 0.125. The Morgan fingerprint density at radius 3 is 2.77 bits per heavy atom. The Balaban J connectivity index is 1.53. The number of thioether (sulfide) groups is 1. The molecule has 112 valence electrons. The van der Waals surface area contributed by atoms with E-state index in [0.29, 0.717) is 12.2 Å². The Labute approximate surface area is 131 Å². The van der Waals surface area contributed by atoms with Gasteiger partial charge in [0.15, 0.2) is 0 Å². The average Bonchev–Trinajstić information content (AvgIpc) is 2.93. The van der Waals surface area contributed by atoms with Gasteiger partial charge in [0.05, 0.1) is 11.0 Å². The number of benzene rings is 2. The molecule has 1 heterocycles. The van der Waals surface area contributed by atoms with Crippen molar-refractivity contribution in [2.24, 2.45) is 0 Å². The van der Waals surface area contributed by atoms with Crippen molar-refractivity contribution in [2.75, 3.05) is 11.2 Å². The Morgan fingerprint density at radius 2 is 1.95 bits per heavy atom. The highest BCUT2D eigenvalue weighted by molar-refractivity contribution is 7.99. The first kappa shape index (κ1) is 14.6. The number of fused-ring (bicyclic) bond motifs is 1. The predicted molar refractivity (Wildman–Crippen MR) is 85.8 cm³/mol. The second-order valence-electron chi connectivity index (χ2n) is 4.69. The smallest absolute Gasteiger partial charge is 0.239 e. The summed E-state index contributed by atoms with van der Waals surface area (Å²) in [7, 11) is 0. The van der Waals surface area contributed by atoms with E-state index in [1.807, 2.05) is 24.3 Å². The molecule has 22 heavy (non-hydrogen) atoms. The molecule has 0 unspecified atom stereocenters. The maximum absolute atomic E-state index is 12.8. The van der Waals surface area contributed by atoms with Gasteiger partial charge in [0.25, 0.3) is 0 Å². The number of rotatable bonds is 5. The average molecular weight is 315 g/mol. The lowest BCUT2D eigenvalue weighted by molar-refractivity contribution is -0.116. The third-order valence-electron chi connectivity index (χ3n) is 3.11. The van der Waals surface area contributed by atoms with Crippen molar-refractivity contribution >= 4 is 28.7 Å². The second-order valence-corrected chi connectivity index (χ2v) is 5.86. The molecule has 0 spiro atoms. The molecule has 0 aliphatic rings. The van der Waals surface area contributed by atoms with E-state index in [0.717, 1.165) is 15.9 Å². The highest BCUT2D eigenvalue weighted by Gasteiger charge is 2.06. The third kappa shape index (κ3) is 3.46. The van der Waals surface area contributed by atoms with Crippen LogP contribution in [0, 0.1) is 5.82 Å². The van der Waals surface area contributed by atoms with Crippen LogP contribution in [0.2, 0.25) is 0 Å². The molecule has 1 amide bonds. The van der Waals surface area contributed by atoms with Crippen molar-refractivity contribution in [3.63, 3.8) is 0 Å². The van der Waals surface area contributed by atoms with E-state index < -0.39 is 0 Å². The van der Waals surface area contributed by atoms with Gasteiger partial charge >= 0.3 is 0 Å². The van der Waals surface area contributed by atoms with E-state index in [9.17, 15) is 9.18 Å². The molecule has 3 aromatic rings. The van der Waals surface area contributed by atoms with Crippen molar-refractivity contribution in [3.8, 4) is 0 Å². The standard InChI is InChI=1S/C16H14FN3OS/c17-12-5-7-13(8-6-12)22-10-9-16(21)19-20-11-18-14-3-1-2-4-15(14)20/h1-8,11H,9-10H2,(H,19,21). The molecule has 6 heteroatoms. The molecule has 0 radical (unpaired) electrons. The minimum absolute atomic E-state index is 0.0854. The highest BCUT2D eigenvalue weighted by Crippen LogP contribution is 2.19. The molecule has 0 aliphatic carbocycles. The predicted octanol–water partition coefficient (Wildman–Crippen LogP) is 3.43. The number of hydrogen-bond donors (Lipinski definition) is 1. The van der Waals surface area contributed by atoms with Crippen LogP contribution in [0.5, 0.6) is 0 Å². The lowest BCUT2D eigenvalue weighted by Crippen LogP contribution is -2.22. The summed E-state index contributed by atoms with van der Waals surface area (Å²) in [6, 6.07) is 13.8. The highest BCUT2D eigenvalue weighted by atomic mass is 32.2. The van der Waals surface area contributed by atoms with Crippen molar-refractivity contribution in [2.45, 2.75) is 11.3 Å². The Hall–Kier alpha value is -2.34. The summed E-state index contributed by atoms with van der Waals surface area (Å²) >= 11 is 1.52. The van der Waals surface area contributed by atoms with Crippen LogP contribution in [0.25, 0.3) is 11.0 Å². The molecule has 4 nitrogen and oxygen atoms in total. The van der Waals surface area contributed by atoms with Gasteiger partial charge < -0.3 is 0 Å². The molecule has 0 aliphatic heterocycles. The topological polar surface area (TPSA) is 46.9 Å². The summed E-state index contributed by atoms with van der Waals surface area (Å²) in [5, 5.41) is 0. The molecule has 0 bridgehead atoms. The van der Waals surface area contributed by atoms with Gasteiger partial charge in [0.2, 0.25) is 5.91 Å². The van der Waals surface area contributed by atoms with Crippen molar-refractivity contribution in [3.05, 3.63) is 60.7 Å². The minimum Gasteiger partial charge on any atom is -0.273 e. The van der Waals surface area contributed by atoms with Gasteiger partial charge in [-0.2, -0.15) is 0 Å². The van der Waals surface area contributed by atoms with Crippen LogP contribution in [0.1, 0.15) is 6.42 Å². The Bertz CT molecular complexity index is 785. The zero-order valence-corrected chi connectivity index (χ0v) is 12.5. The number of para-hydroxylation sites is 2. The summed E-state index contributed by atoms with van der Waals surface area (Å²) < 4.78 is 14.4. The number of nitrogens with one attached hydrogen (secondary N) is 1. The summed E-state index contributed by atoms with van der Waals surface area (Å²) in [5.74, 6) is 0.288. The first-order valence-electron chi connectivity index (χ1n) is 6.83. The van der Waals surface area contributed by atoms with E-state index in [2.05, 4.69) is 10.4 Å². The summed E-state index contributed by atoms with van der Waals surface area (Å²) in [5.41, 5.74) is 4.50. The first-order valence-corrected chi connectivity index (χ1v) is 7.81. The van der Waals surface area contributed by atoms with Gasteiger partial charge in [-0.3, -0.25) is 10.2 Å². The van der Waals surface area contributed by atoms with Crippen molar-refractivity contribution in [1.82, 2.24) is 9.66 Å². The molecular formula is C16H14FN3OS. The fourth-order valence-corrected chi connectivity index (χ4v) is 2.88. The summed E-state index contributed by atoms with van der Waals surface area (Å²) in [4.78, 5) is 17.1. The third-order valence-corrected chi connectivity index (χ3v) is 4.12. The molecule has 1 N–H and O–H groups in total. The maximum Gasteiger partial charge on any atom is 0.239 e. The van der Waals surface area contributed by atoms with Crippen LogP contribution in [0.3, 0.4) is 0 Å². The minimum atomic E-state index is -0.255. The second kappa shape index (κ2) is 6.62. The van der Waals surface area contributed by atoms with Crippen LogP contribution in [0.15, 0.2) is 59.8 Å². The van der Waals surface area contributed by atoms with E-state index in [1.54, 1.807) is 23.1 Å². The molecule has 0 atom stereocenters. The van der Waals surface area contributed by atoms with Crippen LogP contribution in [-0.2, 0) is 4.79 Å². The van der Waals surface area contributed by atoms with Crippen LogP contribution in [0.4, 0.5) is 4.39 Å². The molecule has 0 saturated heterocycles. The maximum atomic E-state index is 12.8. The molecule has 0 saturated carbocycles. The quantitative estimate of drug-likeness (QED) is 0.734. The van der Waals surface area contributed by atoms with Crippen molar-refractivity contribution < 1.29 is 9.18 Å². The number of carbonyl (C=O) groups is 1. The molecular weight excluding hydrogens is 301 g/mol. The van der Waals surface area contributed by atoms with Gasteiger partial charge in [-0.25, -0.2) is 14.1 Å². The molecule has 1 aromatic heterocycles. The largest absolute Gasteiger partial charge is 0.273 e. The van der Waals surface area contributed by atoms with E-state index in [1.165, 1.54) is 23.9 Å².